The van der Waals surface area contributed by atoms with Crippen molar-refractivity contribution in [3.63, 3.8) is 0 Å². The molecule has 0 spiro atoms. The third-order valence-electron chi connectivity index (χ3n) is 2.65. The Morgan fingerprint density at radius 2 is 1.93 bits per heavy atom. The van der Waals surface area contributed by atoms with Gasteiger partial charge >= 0.3 is 0 Å². The minimum absolute atomic E-state index is 0.583. The van der Waals surface area contributed by atoms with E-state index < -0.39 is 0 Å². The highest BCUT2D eigenvalue weighted by atomic mass is 14.6. The Hall–Kier alpha value is -1.37. The lowest BCUT2D eigenvalue weighted by Crippen LogP contribution is -1.92. The second kappa shape index (κ2) is 3.41. The number of nitrogens with zero attached hydrogens (tertiary/aromatic N) is 1. The van der Waals surface area contributed by atoms with Crippen molar-refractivity contribution in [2.24, 2.45) is 0 Å². The van der Waals surface area contributed by atoms with Crippen molar-refractivity contribution >= 4 is 10.8 Å². The maximum atomic E-state index is 4.14. The lowest BCUT2D eigenvalue weighted by molar-refractivity contribution is 0.859. The molecule has 0 saturated heterocycles. The number of aryl methyl sites for hydroxylation is 1. The number of rotatable bonds is 1. The Labute approximate surface area is 84.8 Å². The Kier molecular flexibility index (Phi) is 2.24. The molecule has 1 heterocycles. The minimum atomic E-state index is 0.583. The molecule has 14 heavy (non-hydrogen) atoms. The van der Waals surface area contributed by atoms with Crippen LogP contribution in [0.1, 0.15) is 30.9 Å². The highest BCUT2D eigenvalue weighted by molar-refractivity contribution is 5.83. The Morgan fingerprint density at radius 1 is 1.14 bits per heavy atom. The van der Waals surface area contributed by atoms with Gasteiger partial charge < -0.3 is 0 Å². The van der Waals surface area contributed by atoms with E-state index in [1.165, 1.54) is 21.9 Å². The number of aromatic nitrogens is 1. The molecule has 0 bridgehead atoms. The maximum Gasteiger partial charge on any atom is 0.0346 e. The predicted octanol–water partition coefficient (Wildman–Crippen LogP) is 3.67. The summed E-state index contributed by atoms with van der Waals surface area (Å²) in [5, 5.41) is 2.52. The van der Waals surface area contributed by atoms with Gasteiger partial charge in [-0.05, 0) is 41.5 Å². The van der Waals surface area contributed by atoms with Crippen molar-refractivity contribution in [3.05, 3.63) is 41.7 Å². The van der Waals surface area contributed by atoms with Crippen LogP contribution in [-0.2, 0) is 0 Å². The second-order valence-corrected chi connectivity index (χ2v) is 4.09. The van der Waals surface area contributed by atoms with Crippen molar-refractivity contribution in [3.8, 4) is 0 Å². The quantitative estimate of drug-likeness (QED) is 0.660. The van der Waals surface area contributed by atoms with Crippen LogP contribution in [0.25, 0.3) is 10.8 Å². The number of hydrogen-bond donors (Lipinski definition) is 0. The van der Waals surface area contributed by atoms with Crippen LogP contribution >= 0.6 is 0 Å². The van der Waals surface area contributed by atoms with Gasteiger partial charge in [-0.3, -0.25) is 4.98 Å². The first kappa shape index (κ1) is 9.20. The van der Waals surface area contributed by atoms with Crippen molar-refractivity contribution in [1.29, 1.82) is 0 Å². The highest BCUT2D eigenvalue weighted by Gasteiger charge is 2.04. The zero-order valence-electron chi connectivity index (χ0n) is 8.91. The van der Waals surface area contributed by atoms with Crippen LogP contribution in [0.3, 0.4) is 0 Å². The molecule has 0 radical (unpaired) electrons. The third-order valence-corrected chi connectivity index (χ3v) is 2.65. The first-order valence-corrected chi connectivity index (χ1v) is 5.03. The van der Waals surface area contributed by atoms with Gasteiger partial charge in [0, 0.05) is 17.8 Å². The van der Waals surface area contributed by atoms with Gasteiger partial charge in [-0.1, -0.05) is 19.9 Å². The molecule has 72 valence electrons. The van der Waals surface area contributed by atoms with Crippen molar-refractivity contribution in [1.82, 2.24) is 4.98 Å². The summed E-state index contributed by atoms with van der Waals surface area (Å²) in [6.45, 7) is 6.63. The molecule has 1 aromatic carbocycles. The normalized spacial score (nSPS) is 11.1. The molecule has 2 rings (SSSR count). The lowest BCUT2D eigenvalue weighted by atomic mass is 9.95. The fraction of sp³-hybridized carbons (Fsp3) is 0.308. The van der Waals surface area contributed by atoms with Gasteiger partial charge in [0.1, 0.15) is 0 Å². The van der Waals surface area contributed by atoms with Gasteiger partial charge in [0.05, 0.1) is 0 Å². The molecule has 0 fully saturated rings. The first-order chi connectivity index (χ1) is 6.68. The van der Waals surface area contributed by atoms with Gasteiger partial charge in [0.25, 0.3) is 0 Å². The van der Waals surface area contributed by atoms with Gasteiger partial charge in [-0.15, -0.1) is 0 Å². The summed E-state index contributed by atoms with van der Waals surface area (Å²) in [5.41, 5.74) is 2.80. The second-order valence-electron chi connectivity index (χ2n) is 4.09. The molecule has 1 aromatic heterocycles. The van der Waals surface area contributed by atoms with Gasteiger partial charge in [-0.25, -0.2) is 0 Å². The van der Waals surface area contributed by atoms with E-state index in [0.717, 1.165) is 0 Å². The molecule has 0 atom stereocenters. The number of hydrogen-bond acceptors (Lipinski definition) is 1. The van der Waals surface area contributed by atoms with Crippen LogP contribution in [0, 0.1) is 6.92 Å². The largest absolute Gasteiger partial charge is 0.264 e. The highest BCUT2D eigenvalue weighted by Crippen LogP contribution is 2.24. The summed E-state index contributed by atoms with van der Waals surface area (Å²) in [5.74, 6) is 0.583. The molecule has 0 N–H and O–H groups in total. The van der Waals surface area contributed by atoms with Crippen LogP contribution in [0.4, 0.5) is 0 Å². The molecule has 0 unspecified atom stereocenters. The van der Waals surface area contributed by atoms with E-state index in [1.807, 2.05) is 12.4 Å². The molecule has 0 aliphatic heterocycles. The predicted molar refractivity (Wildman–Crippen MR) is 60.6 cm³/mol. The fourth-order valence-electron chi connectivity index (χ4n) is 1.89. The number of pyridine rings is 1. The van der Waals surface area contributed by atoms with Gasteiger partial charge in [0.2, 0.25) is 0 Å². The monoisotopic (exact) mass is 185 g/mol. The zero-order chi connectivity index (χ0) is 10.1. The molecule has 0 aliphatic rings. The minimum Gasteiger partial charge on any atom is -0.264 e. The molecule has 0 aliphatic carbocycles. The van der Waals surface area contributed by atoms with Crippen LogP contribution < -0.4 is 0 Å². The topological polar surface area (TPSA) is 12.9 Å². The van der Waals surface area contributed by atoms with Gasteiger partial charge in [-0.2, -0.15) is 0 Å². The van der Waals surface area contributed by atoms with E-state index in [1.54, 1.807) is 0 Å². The number of benzene rings is 1. The SMILES string of the molecule is Cc1cc2ccncc2cc1C(C)C. The Morgan fingerprint density at radius 3 is 2.64 bits per heavy atom. The van der Waals surface area contributed by atoms with Crippen molar-refractivity contribution in [2.45, 2.75) is 26.7 Å². The van der Waals surface area contributed by atoms with E-state index in [9.17, 15) is 0 Å². The van der Waals surface area contributed by atoms with Crippen LogP contribution in [-0.4, -0.2) is 4.98 Å². The molecular formula is C13H15N. The summed E-state index contributed by atoms with van der Waals surface area (Å²) >= 11 is 0. The summed E-state index contributed by atoms with van der Waals surface area (Å²) in [4.78, 5) is 4.14. The molecule has 1 nitrogen and oxygen atoms in total. The average molecular weight is 185 g/mol. The average Bonchev–Trinajstić information content (AvgIpc) is 2.16. The van der Waals surface area contributed by atoms with Crippen LogP contribution in [0.5, 0.6) is 0 Å². The maximum absolute atomic E-state index is 4.14. The zero-order valence-corrected chi connectivity index (χ0v) is 8.91. The Bertz CT molecular complexity index is 458. The van der Waals surface area contributed by atoms with Crippen LogP contribution in [0.15, 0.2) is 30.6 Å². The lowest BCUT2D eigenvalue weighted by Gasteiger charge is -2.10. The van der Waals surface area contributed by atoms with Crippen LogP contribution in [0.2, 0.25) is 0 Å². The standard InChI is InChI=1S/C13H15N/c1-9(2)13-7-12-8-14-5-4-11(12)6-10(13)3/h4-9H,1-3H3. The smallest absolute Gasteiger partial charge is 0.0346 e. The summed E-state index contributed by atoms with van der Waals surface area (Å²) in [7, 11) is 0. The number of fused-ring (bicyclic) bond motifs is 1. The van der Waals surface area contributed by atoms with E-state index in [4.69, 9.17) is 0 Å². The molecule has 2 aromatic rings. The van der Waals surface area contributed by atoms with E-state index in [0.29, 0.717) is 5.92 Å². The van der Waals surface area contributed by atoms with E-state index >= 15 is 0 Å². The first-order valence-electron chi connectivity index (χ1n) is 5.03. The van der Waals surface area contributed by atoms with Crippen molar-refractivity contribution < 1.29 is 0 Å². The third kappa shape index (κ3) is 1.50. The summed E-state index contributed by atoms with van der Waals surface area (Å²) in [6, 6.07) is 6.56. The molecule has 0 amide bonds. The molecule has 1 heteroatoms. The van der Waals surface area contributed by atoms with E-state index in [2.05, 4.69) is 44.0 Å². The Balaban J connectivity index is 2.71. The fourth-order valence-corrected chi connectivity index (χ4v) is 1.89. The summed E-state index contributed by atoms with van der Waals surface area (Å²) < 4.78 is 0. The van der Waals surface area contributed by atoms with Crippen molar-refractivity contribution in [2.75, 3.05) is 0 Å². The van der Waals surface area contributed by atoms with E-state index in [-0.39, 0.29) is 0 Å². The molecular weight excluding hydrogens is 170 g/mol. The molecule has 0 saturated carbocycles. The van der Waals surface area contributed by atoms with Gasteiger partial charge in [0.15, 0.2) is 0 Å². The summed E-state index contributed by atoms with van der Waals surface area (Å²) in [6.07, 6.45) is 3.78.